The van der Waals surface area contributed by atoms with Crippen LogP contribution < -0.4 is 37.9 Å². The molecule has 0 saturated carbocycles. The van der Waals surface area contributed by atoms with Gasteiger partial charge in [-0.1, -0.05) is 218 Å². The van der Waals surface area contributed by atoms with Crippen molar-refractivity contribution in [3.8, 4) is 46.0 Å². The van der Waals surface area contributed by atoms with Gasteiger partial charge in [-0.3, -0.25) is 28.8 Å². The summed E-state index contributed by atoms with van der Waals surface area (Å²) in [5, 5.41) is 0. The monoisotopic (exact) mass is 1530 g/mol. The first-order valence-electron chi connectivity index (χ1n) is 41.7. The number of ether oxygens (including phenoxy) is 8. The van der Waals surface area contributed by atoms with Gasteiger partial charge in [0.05, 0.1) is 12.8 Å². The van der Waals surface area contributed by atoms with Crippen molar-refractivity contribution < 1.29 is 66.7 Å². The summed E-state index contributed by atoms with van der Waals surface area (Å²) in [6.07, 6.45) is 29.7. The quantitative estimate of drug-likeness (QED) is 0.0202. The number of carbonyl (C=O) groups is 6. The van der Waals surface area contributed by atoms with Gasteiger partial charge < -0.3 is 37.9 Å². The second-order valence-corrected chi connectivity index (χ2v) is 34.5. The summed E-state index contributed by atoms with van der Waals surface area (Å²) < 4.78 is 49.6. The maximum atomic E-state index is 14.6. The molecule has 0 spiro atoms. The third-order valence-corrected chi connectivity index (χ3v) is 23.2. The van der Waals surface area contributed by atoms with Crippen molar-refractivity contribution in [2.75, 3.05) is 0 Å². The summed E-state index contributed by atoms with van der Waals surface area (Å²) in [5.41, 5.74) is 10.8. The number of hydrogen-bond acceptors (Lipinski definition) is 14. The van der Waals surface area contributed by atoms with Gasteiger partial charge in [-0.2, -0.15) is 0 Å². The van der Waals surface area contributed by atoms with Crippen molar-refractivity contribution >= 4 is 60.1 Å². The maximum absolute atomic E-state index is 14.6. The predicted molar refractivity (Wildman–Crippen MR) is 451 cm³/mol. The second kappa shape index (κ2) is 41.3. The zero-order valence-corrected chi connectivity index (χ0v) is 71.3. The van der Waals surface area contributed by atoms with Gasteiger partial charge in [0, 0.05) is 62.8 Å². The highest BCUT2D eigenvalue weighted by Crippen LogP contribution is 2.55. The molecule has 2 aliphatic rings. The fourth-order valence-corrected chi connectivity index (χ4v) is 16.9. The van der Waals surface area contributed by atoms with E-state index < -0.39 is 47.0 Å². The van der Waals surface area contributed by atoms with Crippen molar-refractivity contribution in [3.05, 3.63) is 163 Å². The highest BCUT2D eigenvalue weighted by atomic mass is 16.6. The lowest BCUT2D eigenvalue weighted by atomic mass is 9.73. The Morgan fingerprint density at radius 3 is 0.982 bits per heavy atom. The van der Waals surface area contributed by atoms with Crippen LogP contribution in [-0.4, -0.2) is 47.0 Å². The Balaban J connectivity index is 1.07. The van der Waals surface area contributed by atoms with E-state index in [0.29, 0.717) is 47.3 Å². The molecule has 8 rings (SSSR count). The first-order valence-corrected chi connectivity index (χ1v) is 41.7. The van der Waals surface area contributed by atoms with E-state index in [1.165, 1.54) is 117 Å². The highest BCUT2D eigenvalue weighted by Gasteiger charge is 2.44. The van der Waals surface area contributed by atoms with E-state index in [4.69, 9.17) is 37.9 Å². The summed E-state index contributed by atoms with van der Waals surface area (Å²) in [4.78, 5) is 77.8. The summed E-state index contributed by atoms with van der Waals surface area (Å²) in [7, 11) is 0. The Bertz CT molecular complexity index is 3980. The molecule has 0 radical (unpaired) electrons. The van der Waals surface area contributed by atoms with Gasteiger partial charge >= 0.3 is 35.8 Å². The molecular weight excluding hydrogens is 1400 g/mol. The number of benzene rings is 6. The largest absolute Gasteiger partial charge is 0.487 e. The molecule has 14 nitrogen and oxygen atoms in total. The van der Waals surface area contributed by atoms with Crippen molar-refractivity contribution in [1.29, 1.82) is 0 Å². The second-order valence-electron chi connectivity index (χ2n) is 34.5. The van der Waals surface area contributed by atoms with E-state index in [1.54, 1.807) is 24.3 Å². The van der Waals surface area contributed by atoms with Crippen molar-refractivity contribution in [3.63, 3.8) is 0 Å². The highest BCUT2D eigenvalue weighted by molar-refractivity contribution is 5.83. The molecule has 606 valence electrons. The summed E-state index contributed by atoms with van der Waals surface area (Å²) in [5.74, 6) is 3.91. The zero-order chi connectivity index (χ0) is 81.7. The van der Waals surface area contributed by atoms with Crippen LogP contribution in [0.1, 0.15) is 328 Å². The van der Waals surface area contributed by atoms with Gasteiger partial charge in [0.15, 0.2) is 0 Å². The summed E-state index contributed by atoms with van der Waals surface area (Å²) >= 11 is 0. The molecule has 2 aliphatic heterocycles. The molecule has 0 N–H and O–H groups in total. The maximum Gasteiger partial charge on any atom is 0.311 e. The molecule has 14 heteroatoms. The minimum Gasteiger partial charge on any atom is -0.487 e. The molecule has 2 heterocycles. The molecule has 8 atom stereocenters. The topological polar surface area (TPSA) is 176 Å². The lowest BCUT2D eigenvalue weighted by Crippen LogP contribution is -2.39. The number of esters is 6. The van der Waals surface area contributed by atoms with E-state index in [0.717, 1.165) is 140 Å². The average molecular weight is 1530 g/mol. The van der Waals surface area contributed by atoms with Crippen LogP contribution in [-0.2, 0) is 28.8 Å². The van der Waals surface area contributed by atoms with Gasteiger partial charge in [0.1, 0.15) is 57.2 Å². The third kappa shape index (κ3) is 25.9. The van der Waals surface area contributed by atoms with Crippen molar-refractivity contribution in [1.82, 2.24) is 0 Å². The third-order valence-electron chi connectivity index (χ3n) is 23.2. The van der Waals surface area contributed by atoms with E-state index in [-0.39, 0.29) is 47.7 Å². The fourth-order valence-electron chi connectivity index (χ4n) is 16.9. The van der Waals surface area contributed by atoms with Crippen LogP contribution in [0.4, 0.5) is 0 Å². The van der Waals surface area contributed by atoms with Crippen LogP contribution in [0.25, 0.3) is 24.3 Å². The average Bonchev–Trinajstić information content (AvgIpc) is 0.739. The van der Waals surface area contributed by atoms with Crippen LogP contribution in [0.2, 0.25) is 0 Å². The number of carbonyl (C=O) groups excluding carboxylic acids is 6. The first-order chi connectivity index (χ1) is 53.1. The normalized spacial score (nSPS) is 17.8. The number of rotatable bonds is 39. The Morgan fingerprint density at radius 1 is 0.384 bits per heavy atom. The SMILES string of the molecule is CC(=O)Oc1cc(/C=C/c2ccccc2C2CC(C)(CCCC(C)CCCC(C)CCCC(C)C)Oc3c(C)c(C)c(OC(=O)CCC(=O)Oc4c(C)c(C)c5c(c4C)C(c4ccccc4/C=C/c4cc(OC(C)=O)cc(OC(C)=O)c4)CC(C)(CCCC(C)CCCC(C)CCCC(C)C)O5)c(C)c32)cc(OC(C)=O)c1. The van der Waals surface area contributed by atoms with Gasteiger partial charge in [-0.15, -0.1) is 0 Å². The molecule has 0 saturated heterocycles. The Labute approximate surface area is 670 Å². The summed E-state index contributed by atoms with van der Waals surface area (Å²) in [6, 6.07) is 26.5. The molecule has 6 aromatic rings. The first kappa shape index (κ1) is 88.8. The molecule has 0 amide bonds. The zero-order valence-electron chi connectivity index (χ0n) is 71.3. The van der Waals surface area contributed by atoms with Crippen LogP contribution in [0.3, 0.4) is 0 Å². The van der Waals surface area contributed by atoms with E-state index in [9.17, 15) is 28.8 Å². The summed E-state index contributed by atoms with van der Waals surface area (Å²) in [6.45, 7) is 40.6. The van der Waals surface area contributed by atoms with Gasteiger partial charge in [-0.05, 0) is 220 Å². The molecular formula is C98H130O14. The minimum atomic E-state index is -0.576. The Morgan fingerprint density at radius 2 is 0.679 bits per heavy atom. The standard InChI is InChI=1S/C98H130O14/c1-61(2)31-25-33-63(5)35-27-37-65(7)39-29-51-97(19)59-87(85-43-23-21-41-79(85)47-45-77-53-81(105-73(15)99)57-82(54-77)106-74(16)100)91-71(13)93(67(9)69(11)95(91)111-97)109-89(103)49-50-90(104)110-94-68(10)70(12)96-92(72(94)14)88(60-98(20,112-96)52-30-40-66(8)38-28-36-64(6)34-26-32-62(3)4)86-44-24-22-42-80(86)48-46-78-55-83(107-75(17)101)58-84(56-78)108-76(18)102/h21-24,41-48,53-58,61-66,87-88H,25-40,49-52,59-60H2,1-20H3/b47-45+,48-46+. The van der Waals surface area contributed by atoms with Gasteiger partial charge in [0.2, 0.25) is 0 Å². The van der Waals surface area contributed by atoms with Gasteiger partial charge in [-0.25, -0.2) is 0 Å². The minimum absolute atomic E-state index is 0.219. The van der Waals surface area contributed by atoms with E-state index >= 15 is 0 Å². The molecule has 6 aromatic carbocycles. The lowest BCUT2D eigenvalue weighted by molar-refractivity contribution is -0.140. The van der Waals surface area contributed by atoms with Crippen LogP contribution in [0.5, 0.6) is 46.0 Å². The van der Waals surface area contributed by atoms with E-state index in [1.807, 2.05) is 90.1 Å². The number of fused-ring (bicyclic) bond motifs is 2. The number of hydrogen-bond donors (Lipinski definition) is 0. The van der Waals surface area contributed by atoms with Gasteiger partial charge in [0.25, 0.3) is 0 Å². The molecule has 0 bridgehead atoms. The van der Waals surface area contributed by atoms with Crippen molar-refractivity contribution in [2.45, 2.75) is 303 Å². The molecule has 0 aliphatic carbocycles. The molecule has 0 aromatic heterocycles. The fraction of sp³-hybridized carbons (Fsp3) is 0.531. The predicted octanol–water partition coefficient (Wildman–Crippen LogP) is 25.1. The van der Waals surface area contributed by atoms with Crippen LogP contribution in [0.15, 0.2) is 84.9 Å². The Kier molecular flexibility index (Phi) is 32.7. The Hall–Kier alpha value is -8.78. The van der Waals surface area contributed by atoms with E-state index in [2.05, 4.69) is 93.5 Å². The smallest absolute Gasteiger partial charge is 0.311 e. The van der Waals surface area contributed by atoms with Crippen LogP contribution in [0, 0.1) is 77.0 Å². The van der Waals surface area contributed by atoms with Crippen LogP contribution >= 0.6 is 0 Å². The lowest BCUT2D eigenvalue weighted by Gasteiger charge is -2.43. The van der Waals surface area contributed by atoms with Crippen molar-refractivity contribution in [2.24, 2.45) is 35.5 Å². The molecule has 0 fully saturated rings. The molecule has 112 heavy (non-hydrogen) atoms. The molecule has 8 unspecified atom stereocenters.